The summed E-state index contributed by atoms with van der Waals surface area (Å²) in [6.45, 7) is 5.62. The summed E-state index contributed by atoms with van der Waals surface area (Å²) in [5.41, 5.74) is -0.741. The minimum atomic E-state index is -1.55. The maximum absolute atomic E-state index is 14.7. The number of hydrogen-bond acceptors (Lipinski definition) is 4. The Kier molecular flexibility index (Phi) is 8.13. The van der Waals surface area contributed by atoms with Gasteiger partial charge in [-0.05, 0) is 68.2 Å². The Labute approximate surface area is 204 Å². The Morgan fingerprint density at radius 2 is 1.66 bits per heavy atom. The molecule has 0 bridgehead atoms. The number of rotatable bonds is 9. The molecule has 1 aliphatic carbocycles. The van der Waals surface area contributed by atoms with Crippen LogP contribution in [0.25, 0.3) is 0 Å². The number of ketones is 1. The van der Waals surface area contributed by atoms with Crippen LogP contribution in [0.1, 0.15) is 68.8 Å². The third-order valence-corrected chi connectivity index (χ3v) is 7.42. The molecule has 0 atom stereocenters. The minimum Gasteiger partial charge on any atom is -0.497 e. The van der Waals surface area contributed by atoms with Crippen molar-refractivity contribution in [3.05, 3.63) is 58.9 Å². The lowest BCUT2D eigenvalue weighted by Gasteiger charge is -2.43. The lowest BCUT2D eigenvalue weighted by atomic mass is 9.62. The van der Waals surface area contributed by atoms with Crippen molar-refractivity contribution in [2.75, 3.05) is 13.7 Å². The molecule has 2 aromatic carbocycles. The van der Waals surface area contributed by atoms with E-state index >= 15 is 0 Å². The second kappa shape index (κ2) is 10.7. The molecule has 8 heteroatoms. The Morgan fingerprint density at radius 3 is 2.20 bits per heavy atom. The highest BCUT2D eigenvalue weighted by molar-refractivity contribution is 5.94. The van der Waals surface area contributed by atoms with E-state index in [-0.39, 0.29) is 29.8 Å². The highest BCUT2D eigenvalue weighted by Crippen LogP contribution is 2.47. The number of halogens is 3. The maximum Gasteiger partial charge on any atom is 0.254 e. The number of Topliss-reactive ketones (excluding diaryl/α,β-unsaturated/α-hetero) is 1. The highest BCUT2D eigenvalue weighted by Gasteiger charge is 2.42. The van der Waals surface area contributed by atoms with Crippen LogP contribution in [0.5, 0.6) is 11.5 Å². The summed E-state index contributed by atoms with van der Waals surface area (Å²) in [5, 5.41) is 2.62. The smallest absolute Gasteiger partial charge is 0.254 e. The standard InChI is InChI=1S/C27H32F3NO4/c1-5-27(17(2)32)12-10-26(3,11-13-27)16-31-25(33)20-14-21(28)24(23(30)22(20)29)35-15-18-6-8-19(34-4)9-7-18/h6-9,14H,5,10-13,15-16H2,1-4H3,(H,31,33). The zero-order valence-corrected chi connectivity index (χ0v) is 20.6. The molecular weight excluding hydrogens is 459 g/mol. The summed E-state index contributed by atoms with van der Waals surface area (Å²) in [4.78, 5) is 24.7. The molecule has 1 aliphatic rings. The van der Waals surface area contributed by atoms with Crippen molar-refractivity contribution >= 4 is 11.7 Å². The monoisotopic (exact) mass is 491 g/mol. The number of carbonyl (C=O) groups excluding carboxylic acids is 2. The van der Waals surface area contributed by atoms with Gasteiger partial charge in [-0.15, -0.1) is 0 Å². The number of carbonyl (C=O) groups is 2. The largest absolute Gasteiger partial charge is 0.497 e. The van der Waals surface area contributed by atoms with Crippen molar-refractivity contribution in [2.45, 2.75) is 59.5 Å². The van der Waals surface area contributed by atoms with E-state index in [1.807, 2.05) is 13.8 Å². The zero-order chi connectivity index (χ0) is 25.8. The SMILES string of the molecule is CCC1(C(C)=O)CCC(C)(CNC(=O)c2cc(F)c(OCc3ccc(OC)cc3)c(F)c2F)CC1. The Morgan fingerprint density at radius 1 is 1.03 bits per heavy atom. The van der Waals surface area contributed by atoms with E-state index in [2.05, 4.69) is 5.32 Å². The van der Waals surface area contributed by atoms with Gasteiger partial charge in [-0.2, -0.15) is 4.39 Å². The number of ether oxygens (including phenoxy) is 2. The van der Waals surface area contributed by atoms with Crippen LogP contribution >= 0.6 is 0 Å². The molecule has 0 saturated heterocycles. The quantitative estimate of drug-likeness (QED) is 0.438. The van der Waals surface area contributed by atoms with E-state index in [9.17, 15) is 22.8 Å². The molecule has 190 valence electrons. The highest BCUT2D eigenvalue weighted by atomic mass is 19.2. The van der Waals surface area contributed by atoms with E-state index in [1.165, 1.54) is 7.11 Å². The third-order valence-electron chi connectivity index (χ3n) is 7.42. The molecule has 0 radical (unpaired) electrons. The normalized spacial score (nSPS) is 21.9. The molecule has 0 spiro atoms. The van der Waals surface area contributed by atoms with Crippen molar-refractivity contribution < 1.29 is 32.2 Å². The van der Waals surface area contributed by atoms with Crippen LogP contribution in [0.2, 0.25) is 0 Å². The van der Waals surface area contributed by atoms with Crippen LogP contribution in [-0.2, 0) is 11.4 Å². The van der Waals surface area contributed by atoms with Gasteiger partial charge < -0.3 is 14.8 Å². The average molecular weight is 492 g/mol. The molecule has 5 nitrogen and oxygen atoms in total. The zero-order valence-electron chi connectivity index (χ0n) is 20.6. The predicted molar refractivity (Wildman–Crippen MR) is 126 cm³/mol. The van der Waals surface area contributed by atoms with Crippen LogP contribution in [0.4, 0.5) is 13.2 Å². The van der Waals surface area contributed by atoms with Gasteiger partial charge in [-0.25, -0.2) is 8.78 Å². The molecular formula is C27H32F3NO4. The van der Waals surface area contributed by atoms with E-state index in [1.54, 1.807) is 31.2 Å². The molecule has 1 N–H and O–H groups in total. The third kappa shape index (κ3) is 5.80. The number of nitrogens with one attached hydrogen (secondary N) is 1. The van der Waals surface area contributed by atoms with Gasteiger partial charge in [0.05, 0.1) is 12.7 Å². The van der Waals surface area contributed by atoms with Crippen molar-refractivity contribution in [3.8, 4) is 11.5 Å². The van der Waals surface area contributed by atoms with Crippen LogP contribution in [0, 0.1) is 28.3 Å². The topological polar surface area (TPSA) is 64.6 Å². The van der Waals surface area contributed by atoms with Gasteiger partial charge in [0, 0.05) is 12.0 Å². The molecule has 0 aliphatic heterocycles. The van der Waals surface area contributed by atoms with Gasteiger partial charge in [0.1, 0.15) is 18.1 Å². The van der Waals surface area contributed by atoms with E-state index in [4.69, 9.17) is 9.47 Å². The second-order valence-corrected chi connectivity index (χ2v) is 9.68. The van der Waals surface area contributed by atoms with E-state index < -0.39 is 34.7 Å². The summed E-state index contributed by atoms with van der Waals surface area (Å²) < 4.78 is 54.1. The van der Waals surface area contributed by atoms with Crippen LogP contribution in [-0.4, -0.2) is 25.3 Å². The van der Waals surface area contributed by atoms with E-state index in [0.717, 1.165) is 6.42 Å². The number of benzene rings is 2. The lowest BCUT2D eigenvalue weighted by Crippen LogP contribution is -2.43. The molecule has 35 heavy (non-hydrogen) atoms. The predicted octanol–water partition coefficient (Wildman–Crippen LogP) is 5.99. The van der Waals surface area contributed by atoms with Gasteiger partial charge in [0.2, 0.25) is 5.82 Å². The first-order valence-electron chi connectivity index (χ1n) is 11.8. The van der Waals surface area contributed by atoms with Crippen molar-refractivity contribution in [3.63, 3.8) is 0 Å². The van der Waals surface area contributed by atoms with Crippen LogP contribution < -0.4 is 14.8 Å². The summed E-state index contributed by atoms with van der Waals surface area (Å²) >= 11 is 0. The number of hydrogen-bond donors (Lipinski definition) is 1. The minimum absolute atomic E-state index is 0.174. The number of methoxy groups -OCH3 is 1. The van der Waals surface area contributed by atoms with Gasteiger partial charge in [0.25, 0.3) is 5.91 Å². The molecule has 1 fully saturated rings. The molecule has 0 unspecified atom stereocenters. The Bertz CT molecular complexity index is 1080. The van der Waals surface area contributed by atoms with Gasteiger partial charge in [-0.1, -0.05) is 26.0 Å². The first kappa shape index (κ1) is 26.6. The van der Waals surface area contributed by atoms with E-state index in [0.29, 0.717) is 43.1 Å². The Hall–Kier alpha value is -3.03. The van der Waals surface area contributed by atoms with Gasteiger partial charge in [-0.3, -0.25) is 9.59 Å². The second-order valence-electron chi connectivity index (χ2n) is 9.68. The number of amides is 1. The van der Waals surface area contributed by atoms with Crippen LogP contribution in [0.3, 0.4) is 0 Å². The summed E-state index contributed by atoms with van der Waals surface area (Å²) in [5.74, 6) is -5.19. The molecule has 1 amide bonds. The molecule has 1 saturated carbocycles. The molecule has 0 aromatic heterocycles. The first-order valence-corrected chi connectivity index (χ1v) is 11.8. The fourth-order valence-electron chi connectivity index (χ4n) is 4.61. The average Bonchev–Trinajstić information content (AvgIpc) is 2.85. The molecule has 2 aromatic rings. The summed E-state index contributed by atoms with van der Waals surface area (Å²) in [7, 11) is 1.51. The van der Waals surface area contributed by atoms with Crippen molar-refractivity contribution in [2.24, 2.45) is 10.8 Å². The first-order chi connectivity index (χ1) is 16.5. The Balaban J connectivity index is 1.65. The molecule has 0 heterocycles. The van der Waals surface area contributed by atoms with Gasteiger partial charge in [0.15, 0.2) is 17.4 Å². The maximum atomic E-state index is 14.7. The molecule has 3 rings (SSSR count). The fourth-order valence-corrected chi connectivity index (χ4v) is 4.61. The van der Waals surface area contributed by atoms with Crippen LogP contribution in [0.15, 0.2) is 30.3 Å². The summed E-state index contributed by atoms with van der Waals surface area (Å²) in [6, 6.07) is 7.28. The summed E-state index contributed by atoms with van der Waals surface area (Å²) in [6.07, 6.45) is 3.61. The lowest BCUT2D eigenvalue weighted by molar-refractivity contribution is -0.130. The van der Waals surface area contributed by atoms with Gasteiger partial charge >= 0.3 is 0 Å². The van der Waals surface area contributed by atoms with Crippen molar-refractivity contribution in [1.29, 1.82) is 0 Å². The fraction of sp³-hybridized carbons (Fsp3) is 0.481. The van der Waals surface area contributed by atoms with Crippen molar-refractivity contribution in [1.82, 2.24) is 5.32 Å².